The zero-order chi connectivity index (χ0) is 18.6. The molecule has 138 valence electrons. The average molecular weight is 364 g/mol. The minimum Gasteiger partial charge on any atom is -0.494 e. The van der Waals surface area contributed by atoms with Gasteiger partial charge in [-0.05, 0) is 36.8 Å². The number of hydrogen-bond acceptors (Lipinski definition) is 6. The second kappa shape index (κ2) is 7.57. The van der Waals surface area contributed by atoms with Crippen LogP contribution in [0.5, 0.6) is 5.75 Å². The summed E-state index contributed by atoms with van der Waals surface area (Å²) in [6.45, 7) is 3.66. The highest BCUT2D eigenvalue weighted by Gasteiger charge is 2.34. The largest absolute Gasteiger partial charge is 0.494 e. The van der Waals surface area contributed by atoms with Gasteiger partial charge in [0, 0.05) is 25.7 Å². The molecule has 0 saturated carbocycles. The Balaban J connectivity index is 1.45. The van der Waals surface area contributed by atoms with Gasteiger partial charge < -0.3 is 14.2 Å². The van der Waals surface area contributed by atoms with Crippen LogP contribution < -0.4 is 4.74 Å². The number of likely N-dealkylation sites (tertiary alicyclic amines) is 1. The SMILES string of the molecule is CCOc1cccc(CN2CC(c3nc(-c4ccccn4)no3)CC2=O)c1. The molecule has 7 heteroatoms. The molecule has 1 amide bonds. The summed E-state index contributed by atoms with van der Waals surface area (Å²) < 4.78 is 10.9. The van der Waals surface area contributed by atoms with Gasteiger partial charge in [0.1, 0.15) is 11.4 Å². The van der Waals surface area contributed by atoms with E-state index in [1.54, 1.807) is 6.20 Å². The molecule has 2 aromatic heterocycles. The molecule has 3 heterocycles. The number of aromatic nitrogens is 3. The molecule has 0 bridgehead atoms. The first-order chi connectivity index (χ1) is 13.2. The molecule has 4 rings (SSSR count). The molecule has 1 aliphatic heterocycles. The van der Waals surface area contributed by atoms with E-state index in [-0.39, 0.29) is 11.8 Å². The van der Waals surface area contributed by atoms with Crippen molar-refractivity contribution in [3.05, 3.63) is 60.1 Å². The van der Waals surface area contributed by atoms with Crippen LogP contribution in [0.3, 0.4) is 0 Å². The van der Waals surface area contributed by atoms with Gasteiger partial charge in [0.15, 0.2) is 0 Å². The lowest BCUT2D eigenvalue weighted by Crippen LogP contribution is -2.24. The quantitative estimate of drug-likeness (QED) is 0.669. The van der Waals surface area contributed by atoms with Crippen LogP contribution in [0.1, 0.15) is 30.7 Å². The maximum Gasteiger partial charge on any atom is 0.232 e. The summed E-state index contributed by atoms with van der Waals surface area (Å²) >= 11 is 0. The molecule has 7 nitrogen and oxygen atoms in total. The molecule has 1 saturated heterocycles. The number of ether oxygens (including phenoxy) is 1. The number of nitrogens with zero attached hydrogens (tertiary/aromatic N) is 4. The lowest BCUT2D eigenvalue weighted by Gasteiger charge is -2.16. The predicted molar refractivity (Wildman–Crippen MR) is 97.9 cm³/mol. The number of carbonyl (C=O) groups is 1. The molecule has 1 atom stereocenters. The van der Waals surface area contributed by atoms with E-state index in [4.69, 9.17) is 9.26 Å². The number of pyridine rings is 1. The van der Waals surface area contributed by atoms with Crippen molar-refractivity contribution in [3.63, 3.8) is 0 Å². The third kappa shape index (κ3) is 3.81. The van der Waals surface area contributed by atoms with Crippen LogP contribution in [0, 0.1) is 0 Å². The van der Waals surface area contributed by atoms with Crippen molar-refractivity contribution in [2.24, 2.45) is 0 Å². The molecular weight excluding hydrogens is 344 g/mol. The van der Waals surface area contributed by atoms with Gasteiger partial charge in [0.05, 0.1) is 12.5 Å². The van der Waals surface area contributed by atoms with Crippen LogP contribution >= 0.6 is 0 Å². The van der Waals surface area contributed by atoms with Gasteiger partial charge in [-0.15, -0.1) is 0 Å². The van der Waals surface area contributed by atoms with Crippen LogP contribution in [0.2, 0.25) is 0 Å². The van der Waals surface area contributed by atoms with Gasteiger partial charge in [0.25, 0.3) is 0 Å². The van der Waals surface area contributed by atoms with Gasteiger partial charge in [-0.1, -0.05) is 23.4 Å². The Morgan fingerprint density at radius 1 is 1.26 bits per heavy atom. The molecule has 0 N–H and O–H groups in total. The van der Waals surface area contributed by atoms with E-state index in [0.29, 0.717) is 43.5 Å². The van der Waals surface area contributed by atoms with E-state index in [1.807, 2.05) is 54.3 Å². The third-order valence-corrected chi connectivity index (χ3v) is 4.48. The van der Waals surface area contributed by atoms with E-state index in [2.05, 4.69) is 15.1 Å². The molecule has 0 aliphatic carbocycles. The predicted octanol–water partition coefficient (Wildman–Crippen LogP) is 3.05. The lowest BCUT2D eigenvalue weighted by atomic mass is 10.1. The molecule has 1 aliphatic rings. The fraction of sp³-hybridized carbons (Fsp3) is 0.300. The van der Waals surface area contributed by atoms with Crippen LogP contribution in [0.4, 0.5) is 0 Å². The number of rotatable bonds is 6. The van der Waals surface area contributed by atoms with Crippen molar-refractivity contribution >= 4 is 5.91 Å². The molecule has 0 spiro atoms. The van der Waals surface area contributed by atoms with Crippen molar-refractivity contribution in [1.82, 2.24) is 20.0 Å². The van der Waals surface area contributed by atoms with E-state index in [1.165, 1.54) is 0 Å². The van der Waals surface area contributed by atoms with E-state index in [9.17, 15) is 4.79 Å². The van der Waals surface area contributed by atoms with E-state index in [0.717, 1.165) is 11.3 Å². The lowest BCUT2D eigenvalue weighted by molar-refractivity contribution is -0.128. The van der Waals surface area contributed by atoms with Crippen molar-refractivity contribution in [1.29, 1.82) is 0 Å². The van der Waals surface area contributed by atoms with Gasteiger partial charge in [-0.2, -0.15) is 4.98 Å². The topological polar surface area (TPSA) is 81.3 Å². The molecule has 1 unspecified atom stereocenters. The zero-order valence-electron chi connectivity index (χ0n) is 15.0. The smallest absolute Gasteiger partial charge is 0.232 e. The minimum atomic E-state index is -0.0995. The third-order valence-electron chi connectivity index (χ3n) is 4.48. The van der Waals surface area contributed by atoms with Gasteiger partial charge >= 0.3 is 0 Å². The Kier molecular flexibility index (Phi) is 4.82. The first-order valence-electron chi connectivity index (χ1n) is 8.97. The van der Waals surface area contributed by atoms with Crippen LogP contribution in [0.15, 0.2) is 53.2 Å². The second-order valence-corrected chi connectivity index (χ2v) is 6.43. The van der Waals surface area contributed by atoms with Crippen LogP contribution in [0.25, 0.3) is 11.5 Å². The van der Waals surface area contributed by atoms with Crippen LogP contribution in [-0.4, -0.2) is 39.1 Å². The molecule has 0 radical (unpaired) electrons. The molecule has 1 aromatic carbocycles. The van der Waals surface area contributed by atoms with Crippen molar-refractivity contribution < 1.29 is 14.1 Å². The highest BCUT2D eigenvalue weighted by atomic mass is 16.5. The summed E-state index contributed by atoms with van der Waals surface area (Å²) in [6, 6.07) is 13.3. The summed E-state index contributed by atoms with van der Waals surface area (Å²) in [6.07, 6.45) is 2.05. The van der Waals surface area contributed by atoms with Gasteiger partial charge in [0.2, 0.25) is 17.6 Å². The van der Waals surface area contributed by atoms with Crippen LogP contribution in [-0.2, 0) is 11.3 Å². The maximum absolute atomic E-state index is 12.4. The van der Waals surface area contributed by atoms with Crippen molar-refractivity contribution in [2.45, 2.75) is 25.8 Å². The Hall–Kier alpha value is -3.22. The van der Waals surface area contributed by atoms with E-state index < -0.39 is 0 Å². The summed E-state index contributed by atoms with van der Waals surface area (Å²) in [4.78, 5) is 22.9. The number of benzene rings is 1. The molecule has 3 aromatic rings. The number of hydrogen-bond donors (Lipinski definition) is 0. The molecule has 27 heavy (non-hydrogen) atoms. The van der Waals surface area contributed by atoms with Crippen molar-refractivity contribution in [2.75, 3.05) is 13.2 Å². The molecule has 1 fully saturated rings. The fourth-order valence-electron chi connectivity index (χ4n) is 3.21. The Bertz CT molecular complexity index is 926. The average Bonchev–Trinajstić information content (AvgIpc) is 3.31. The summed E-state index contributed by atoms with van der Waals surface area (Å²) in [7, 11) is 0. The number of amides is 1. The zero-order valence-corrected chi connectivity index (χ0v) is 15.0. The Labute approximate surface area is 157 Å². The highest BCUT2D eigenvalue weighted by molar-refractivity contribution is 5.79. The summed E-state index contributed by atoms with van der Waals surface area (Å²) in [5, 5.41) is 4.00. The monoisotopic (exact) mass is 364 g/mol. The first kappa shape index (κ1) is 17.2. The standard InChI is InChI=1S/C20H20N4O3/c1-2-26-16-7-5-6-14(10-16)12-24-13-15(11-18(24)25)20-22-19(23-27-20)17-8-3-4-9-21-17/h3-10,15H,2,11-13H2,1H3. The van der Waals surface area contributed by atoms with E-state index >= 15 is 0 Å². The Morgan fingerprint density at radius 3 is 3.00 bits per heavy atom. The second-order valence-electron chi connectivity index (χ2n) is 6.43. The Morgan fingerprint density at radius 2 is 2.19 bits per heavy atom. The normalized spacial score (nSPS) is 16.7. The number of carbonyl (C=O) groups excluding carboxylic acids is 1. The minimum absolute atomic E-state index is 0.0828. The first-order valence-corrected chi connectivity index (χ1v) is 8.97. The molecular formula is C20H20N4O3. The summed E-state index contributed by atoms with van der Waals surface area (Å²) in [5.41, 5.74) is 1.69. The van der Waals surface area contributed by atoms with Crippen molar-refractivity contribution in [3.8, 4) is 17.3 Å². The fourth-order valence-corrected chi connectivity index (χ4v) is 3.21. The van der Waals surface area contributed by atoms with Gasteiger partial charge in [-0.3, -0.25) is 9.78 Å². The highest BCUT2D eigenvalue weighted by Crippen LogP contribution is 2.29. The summed E-state index contributed by atoms with van der Waals surface area (Å²) in [5.74, 6) is 1.72. The van der Waals surface area contributed by atoms with Gasteiger partial charge in [-0.25, -0.2) is 0 Å². The maximum atomic E-state index is 12.4.